The molecule has 0 bridgehead atoms. The zero-order valence-corrected chi connectivity index (χ0v) is 6.57. The second kappa shape index (κ2) is 4.38. The number of rotatable bonds is 2. The second-order valence-electron chi connectivity index (χ2n) is 2.05. The van der Waals surface area contributed by atoms with Crippen LogP contribution >= 0.6 is 0 Å². The maximum Gasteiger partial charge on any atom is 0.161 e. The molecular weight excluding hydrogens is 156 g/mol. The van der Waals surface area contributed by atoms with Gasteiger partial charge in [-0.05, 0) is 18.2 Å². The Morgan fingerprint density at radius 3 is 2.67 bits per heavy atom. The molecule has 4 radical (unpaired) electrons. The SMILES string of the molecule is COc1cc(C=O)ccc1O.[C]. The lowest BCUT2D eigenvalue weighted by Crippen LogP contribution is -1.85. The highest BCUT2D eigenvalue weighted by atomic mass is 16.5. The van der Waals surface area contributed by atoms with Gasteiger partial charge in [-0.3, -0.25) is 4.79 Å². The molecule has 0 fully saturated rings. The minimum absolute atomic E-state index is 0. The van der Waals surface area contributed by atoms with Gasteiger partial charge in [-0.2, -0.15) is 0 Å². The number of hydrogen-bond donors (Lipinski definition) is 1. The Kier molecular flexibility index (Phi) is 3.83. The van der Waals surface area contributed by atoms with Crippen molar-refractivity contribution in [2.75, 3.05) is 7.11 Å². The maximum absolute atomic E-state index is 10.2. The van der Waals surface area contributed by atoms with Crippen LogP contribution in [0, 0.1) is 7.43 Å². The van der Waals surface area contributed by atoms with E-state index in [1.807, 2.05) is 0 Å². The number of methoxy groups -OCH3 is 1. The van der Waals surface area contributed by atoms with E-state index in [2.05, 4.69) is 0 Å². The van der Waals surface area contributed by atoms with Crippen LogP contribution in [0.3, 0.4) is 0 Å². The third kappa shape index (κ3) is 1.99. The van der Waals surface area contributed by atoms with E-state index in [1.54, 1.807) is 0 Å². The number of aromatic hydroxyl groups is 1. The van der Waals surface area contributed by atoms with Gasteiger partial charge < -0.3 is 9.84 Å². The first-order valence-electron chi connectivity index (χ1n) is 3.10. The molecule has 0 aliphatic heterocycles. The summed E-state index contributed by atoms with van der Waals surface area (Å²) in [6.45, 7) is 0. The predicted molar refractivity (Wildman–Crippen MR) is 43.3 cm³/mol. The molecule has 1 aromatic rings. The summed E-state index contributed by atoms with van der Waals surface area (Å²) in [7, 11) is 1.43. The smallest absolute Gasteiger partial charge is 0.161 e. The van der Waals surface area contributed by atoms with Gasteiger partial charge in [0.1, 0.15) is 6.29 Å². The summed E-state index contributed by atoms with van der Waals surface area (Å²) in [4.78, 5) is 10.2. The van der Waals surface area contributed by atoms with E-state index in [0.29, 0.717) is 17.6 Å². The molecule has 3 nitrogen and oxygen atoms in total. The summed E-state index contributed by atoms with van der Waals surface area (Å²) >= 11 is 0. The lowest BCUT2D eigenvalue weighted by atomic mass is 10.2. The fourth-order valence-electron chi connectivity index (χ4n) is 0.768. The number of carbonyl (C=O) groups excluding carboxylic acids is 1. The predicted octanol–water partition coefficient (Wildman–Crippen LogP) is 1.29. The van der Waals surface area contributed by atoms with Crippen molar-refractivity contribution in [3.8, 4) is 11.5 Å². The van der Waals surface area contributed by atoms with Crippen molar-refractivity contribution >= 4 is 6.29 Å². The van der Waals surface area contributed by atoms with Crippen LogP contribution in [0.2, 0.25) is 0 Å². The van der Waals surface area contributed by atoms with Gasteiger partial charge in [-0.1, -0.05) is 0 Å². The Balaban J connectivity index is 0.00000121. The molecule has 0 saturated carbocycles. The molecule has 1 rings (SSSR count). The van der Waals surface area contributed by atoms with E-state index in [-0.39, 0.29) is 13.2 Å². The number of carbonyl (C=O) groups is 1. The maximum atomic E-state index is 10.2. The van der Waals surface area contributed by atoms with Crippen molar-refractivity contribution in [2.45, 2.75) is 0 Å². The normalized spacial score (nSPS) is 8.42. The van der Waals surface area contributed by atoms with Crippen LogP contribution in [0.15, 0.2) is 18.2 Å². The zero-order valence-electron chi connectivity index (χ0n) is 6.57. The Bertz CT molecular complexity index is 268. The standard InChI is InChI=1S/C8H8O3.C/c1-11-8-4-6(5-9)2-3-7(8)10;/h2-5,10H,1H3;. The van der Waals surface area contributed by atoms with Crippen molar-refractivity contribution in [1.82, 2.24) is 0 Å². The first kappa shape index (κ1) is 10.5. The Hall–Kier alpha value is -1.51. The topological polar surface area (TPSA) is 46.5 Å². The van der Waals surface area contributed by atoms with Gasteiger partial charge in [0.2, 0.25) is 0 Å². The number of hydrogen-bond acceptors (Lipinski definition) is 3. The number of phenolic OH excluding ortho intramolecular Hbond substituents is 1. The van der Waals surface area contributed by atoms with Gasteiger partial charge in [0.25, 0.3) is 0 Å². The van der Waals surface area contributed by atoms with Crippen molar-refractivity contribution in [3.63, 3.8) is 0 Å². The van der Waals surface area contributed by atoms with E-state index in [9.17, 15) is 4.79 Å². The van der Waals surface area contributed by atoms with Crippen LogP contribution < -0.4 is 4.74 Å². The van der Waals surface area contributed by atoms with Crippen molar-refractivity contribution in [1.29, 1.82) is 0 Å². The number of ether oxygens (including phenoxy) is 1. The van der Waals surface area contributed by atoms with Gasteiger partial charge in [0.05, 0.1) is 7.11 Å². The van der Waals surface area contributed by atoms with Crippen LogP contribution in [0.1, 0.15) is 10.4 Å². The van der Waals surface area contributed by atoms with E-state index < -0.39 is 0 Å². The minimum atomic E-state index is 0. The van der Waals surface area contributed by atoms with Gasteiger partial charge in [-0.15, -0.1) is 0 Å². The fourth-order valence-corrected chi connectivity index (χ4v) is 0.768. The number of phenols is 1. The average Bonchev–Trinajstić information content (AvgIpc) is 2.05. The second-order valence-corrected chi connectivity index (χ2v) is 2.05. The molecule has 0 amide bonds. The lowest BCUT2D eigenvalue weighted by molar-refractivity contribution is 0.112. The summed E-state index contributed by atoms with van der Waals surface area (Å²) in [6, 6.07) is 4.41. The molecule has 1 aromatic carbocycles. The first-order chi connectivity index (χ1) is 5.27. The summed E-state index contributed by atoms with van der Waals surface area (Å²) in [5.74, 6) is 0.354. The number of aldehydes is 1. The van der Waals surface area contributed by atoms with Gasteiger partial charge >= 0.3 is 0 Å². The summed E-state index contributed by atoms with van der Waals surface area (Å²) < 4.78 is 4.78. The Morgan fingerprint density at radius 1 is 1.50 bits per heavy atom. The van der Waals surface area contributed by atoms with Gasteiger partial charge in [0.15, 0.2) is 11.5 Å². The highest BCUT2D eigenvalue weighted by Crippen LogP contribution is 2.25. The molecule has 62 valence electrons. The third-order valence-electron chi connectivity index (χ3n) is 1.34. The van der Waals surface area contributed by atoms with Crippen molar-refractivity contribution < 1.29 is 14.6 Å². The highest BCUT2D eigenvalue weighted by Gasteiger charge is 2.00. The number of benzene rings is 1. The van der Waals surface area contributed by atoms with Crippen LogP contribution in [0.4, 0.5) is 0 Å². The van der Waals surface area contributed by atoms with Crippen molar-refractivity contribution in [3.05, 3.63) is 31.2 Å². The molecule has 0 atom stereocenters. The average molecular weight is 164 g/mol. The molecule has 0 saturated heterocycles. The van der Waals surface area contributed by atoms with E-state index >= 15 is 0 Å². The Morgan fingerprint density at radius 2 is 2.17 bits per heavy atom. The van der Waals surface area contributed by atoms with Crippen LogP contribution in [0.5, 0.6) is 11.5 Å². The van der Waals surface area contributed by atoms with E-state index in [0.717, 1.165) is 0 Å². The molecule has 12 heavy (non-hydrogen) atoms. The van der Waals surface area contributed by atoms with E-state index in [4.69, 9.17) is 9.84 Å². The first-order valence-corrected chi connectivity index (χ1v) is 3.10. The third-order valence-corrected chi connectivity index (χ3v) is 1.34. The molecular formula is C9H8O3. The molecule has 0 aromatic heterocycles. The van der Waals surface area contributed by atoms with Gasteiger partial charge in [-0.25, -0.2) is 0 Å². The van der Waals surface area contributed by atoms with E-state index in [1.165, 1.54) is 25.3 Å². The van der Waals surface area contributed by atoms with Crippen LogP contribution in [-0.4, -0.2) is 18.5 Å². The monoisotopic (exact) mass is 164 g/mol. The van der Waals surface area contributed by atoms with Crippen LogP contribution in [-0.2, 0) is 0 Å². The quantitative estimate of drug-likeness (QED) is 0.670. The summed E-state index contributed by atoms with van der Waals surface area (Å²) in [5.41, 5.74) is 0.486. The largest absolute Gasteiger partial charge is 0.504 e. The molecule has 0 unspecified atom stereocenters. The molecule has 0 aliphatic carbocycles. The molecule has 0 heterocycles. The Labute approximate surface area is 71.6 Å². The minimum Gasteiger partial charge on any atom is -0.504 e. The summed E-state index contributed by atoms with van der Waals surface area (Å²) in [5, 5.41) is 9.09. The van der Waals surface area contributed by atoms with Gasteiger partial charge in [0, 0.05) is 13.0 Å². The zero-order chi connectivity index (χ0) is 8.27. The fraction of sp³-hybridized carbons (Fsp3) is 0.111. The lowest BCUT2D eigenvalue weighted by Gasteiger charge is -2.01. The molecule has 0 aliphatic rings. The van der Waals surface area contributed by atoms with Crippen LogP contribution in [0.25, 0.3) is 0 Å². The molecule has 0 spiro atoms. The summed E-state index contributed by atoms with van der Waals surface area (Å²) in [6.07, 6.45) is 0.696. The molecule has 1 N–H and O–H groups in total. The van der Waals surface area contributed by atoms with Crippen molar-refractivity contribution in [2.24, 2.45) is 0 Å². The molecule has 3 heteroatoms. The highest BCUT2D eigenvalue weighted by molar-refractivity contribution is 5.76.